The second-order valence-corrected chi connectivity index (χ2v) is 8.10. The second-order valence-electron chi connectivity index (χ2n) is 8.10. The fraction of sp³-hybridized carbons (Fsp3) is 0.682. The summed E-state index contributed by atoms with van der Waals surface area (Å²) in [6.07, 6.45) is 4.68. The van der Waals surface area contributed by atoms with Crippen molar-refractivity contribution < 1.29 is 14.2 Å². The molecule has 0 saturated carbocycles. The van der Waals surface area contributed by atoms with Crippen LogP contribution in [0.5, 0.6) is 11.5 Å². The van der Waals surface area contributed by atoms with E-state index in [2.05, 4.69) is 22.5 Å². The zero-order valence-corrected chi connectivity index (χ0v) is 17.5. The van der Waals surface area contributed by atoms with Gasteiger partial charge in [0.2, 0.25) is 0 Å². The normalized spacial score (nSPS) is 24.3. The molecule has 0 aliphatic carbocycles. The van der Waals surface area contributed by atoms with Crippen molar-refractivity contribution >= 4 is 5.96 Å². The van der Waals surface area contributed by atoms with Crippen molar-refractivity contribution in [1.29, 1.82) is 0 Å². The van der Waals surface area contributed by atoms with Gasteiger partial charge in [-0.15, -0.1) is 0 Å². The number of rotatable bonds is 6. The molecule has 0 amide bonds. The molecule has 160 valence electrons. The van der Waals surface area contributed by atoms with Crippen LogP contribution in [0.15, 0.2) is 29.3 Å². The molecule has 3 aliphatic rings. The van der Waals surface area contributed by atoms with E-state index in [1.54, 1.807) is 0 Å². The molecule has 0 spiro atoms. The number of para-hydroxylation sites is 2. The zero-order chi connectivity index (χ0) is 19.9. The Labute approximate surface area is 173 Å². The van der Waals surface area contributed by atoms with Gasteiger partial charge in [-0.05, 0) is 57.8 Å². The third-order valence-electron chi connectivity index (χ3n) is 6.14. The Balaban J connectivity index is 1.37. The fourth-order valence-corrected chi connectivity index (χ4v) is 4.46. The van der Waals surface area contributed by atoms with Crippen molar-refractivity contribution in [2.24, 2.45) is 4.99 Å². The lowest BCUT2D eigenvalue weighted by atomic mass is 9.88. The standard InChI is InChI=1S/C22H34N4O3/c1-2-23-21(24-15-18-16-28-19-7-3-4-8-20(19)29-18)25-17-22(9-13-27-14-10-22)26-11-5-6-12-26/h3-4,7-8,18H,2,5-6,9-17H2,1H3,(H2,23,24,25). The lowest BCUT2D eigenvalue weighted by molar-refractivity contribution is -0.0139. The van der Waals surface area contributed by atoms with E-state index >= 15 is 0 Å². The van der Waals surface area contributed by atoms with Gasteiger partial charge in [0.1, 0.15) is 12.7 Å². The van der Waals surface area contributed by atoms with Gasteiger partial charge in [0.25, 0.3) is 0 Å². The van der Waals surface area contributed by atoms with Crippen LogP contribution in [-0.4, -0.2) is 75.0 Å². The Bertz CT molecular complexity index is 684. The van der Waals surface area contributed by atoms with Crippen LogP contribution < -0.4 is 20.1 Å². The fourth-order valence-electron chi connectivity index (χ4n) is 4.46. The van der Waals surface area contributed by atoms with Crippen molar-refractivity contribution in [2.45, 2.75) is 44.2 Å². The van der Waals surface area contributed by atoms with E-state index in [1.807, 2.05) is 24.3 Å². The van der Waals surface area contributed by atoms with Crippen LogP contribution in [0, 0.1) is 0 Å². The van der Waals surface area contributed by atoms with E-state index in [9.17, 15) is 0 Å². The summed E-state index contributed by atoms with van der Waals surface area (Å²) in [7, 11) is 0. The molecular formula is C22H34N4O3. The van der Waals surface area contributed by atoms with E-state index < -0.39 is 0 Å². The van der Waals surface area contributed by atoms with E-state index in [0.29, 0.717) is 13.2 Å². The Hall–Kier alpha value is -1.99. The van der Waals surface area contributed by atoms with E-state index in [0.717, 1.165) is 56.6 Å². The summed E-state index contributed by atoms with van der Waals surface area (Å²) in [6, 6.07) is 7.82. The summed E-state index contributed by atoms with van der Waals surface area (Å²) >= 11 is 0. The van der Waals surface area contributed by atoms with Gasteiger partial charge >= 0.3 is 0 Å². The highest BCUT2D eigenvalue weighted by molar-refractivity contribution is 5.79. The molecule has 2 fully saturated rings. The molecule has 29 heavy (non-hydrogen) atoms. The topological polar surface area (TPSA) is 67.4 Å². The van der Waals surface area contributed by atoms with Crippen LogP contribution in [0.2, 0.25) is 0 Å². The number of likely N-dealkylation sites (tertiary alicyclic amines) is 1. The van der Waals surface area contributed by atoms with Gasteiger partial charge in [0.15, 0.2) is 17.5 Å². The summed E-state index contributed by atoms with van der Waals surface area (Å²) in [5, 5.41) is 6.83. The number of fused-ring (bicyclic) bond motifs is 1. The molecule has 0 bridgehead atoms. The Kier molecular flexibility index (Phi) is 6.77. The highest BCUT2D eigenvalue weighted by Crippen LogP contribution is 2.32. The summed E-state index contributed by atoms with van der Waals surface area (Å²) in [5.41, 5.74) is 0.139. The van der Waals surface area contributed by atoms with Gasteiger partial charge < -0.3 is 24.8 Å². The van der Waals surface area contributed by atoms with Gasteiger partial charge in [0, 0.05) is 25.3 Å². The second kappa shape index (κ2) is 9.67. The Morgan fingerprint density at radius 3 is 2.66 bits per heavy atom. The van der Waals surface area contributed by atoms with Crippen molar-refractivity contribution in [3.8, 4) is 11.5 Å². The minimum Gasteiger partial charge on any atom is -0.486 e. The summed E-state index contributed by atoms with van der Waals surface area (Å²) < 4.78 is 17.5. The number of hydrogen-bond acceptors (Lipinski definition) is 5. The molecule has 1 unspecified atom stereocenters. The number of aliphatic imine (C=N–C) groups is 1. The number of nitrogens with one attached hydrogen (secondary N) is 2. The highest BCUT2D eigenvalue weighted by Gasteiger charge is 2.39. The Morgan fingerprint density at radius 2 is 1.90 bits per heavy atom. The maximum Gasteiger partial charge on any atom is 0.191 e. The smallest absolute Gasteiger partial charge is 0.191 e. The Morgan fingerprint density at radius 1 is 1.14 bits per heavy atom. The minimum atomic E-state index is -0.0376. The molecule has 7 nitrogen and oxygen atoms in total. The van der Waals surface area contributed by atoms with E-state index in [4.69, 9.17) is 19.2 Å². The van der Waals surface area contributed by atoms with E-state index in [-0.39, 0.29) is 11.6 Å². The molecule has 1 aromatic rings. The maximum absolute atomic E-state index is 6.06. The van der Waals surface area contributed by atoms with Crippen LogP contribution in [0.25, 0.3) is 0 Å². The minimum absolute atomic E-state index is 0.0376. The van der Waals surface area contributed by atoms with Gasteiger partial charge in [-0.25, -0.2) is 0 Å². The quantitative estimate of drug-likeness (QED) is 0.561. The third-order valence-corrected chi connectivity index (χ3v) is 6.14. The van der Waals surface area contributed by atoms with Crippen molar-refractivity contribution in [3.63, 3.8) is 0 Å². The summed E-state index contributed by atoms with van der Waals surface area (Å²) in [4.78, 5) is 7.63. The first-order chi connectivity index (χ1) is 14.3. The van der Waals surface area contributed by atoms with Gasteiger partial charge in [-0.3, -0.25) is 9.89 Å². The average Bonchev–Trinajstić information content (AvgIpc) is 3.32. The van der Waals surface area contributed by atoms with Crippen LogP contribution in [0.1, 0.15) is 32.6 Å². The van der Waals surface area contributed by atoms with Gasteiger partial charge in [-0.1, -0.05) is 12.1 Å². The van der Waals surface area contributed by atoms with Crippen molar-refractivity contribution in [2.75, 3.05) is 52.5 Å². The van der Waals surface area contributed by atoms with Gasteiger partial charge in [0.05, 0.1) is 13.1 Å². The predicted molar refractivity (Wildman–Crippen MR) is 114 cm³/mol. The molecule has 2 saturated heterocycles. The monoisotopic (exact) mass is 402 g/mol. The maximum atomic E-state index is 6.06. The molecule has 3 aliphatic heterocycles. The lowest BCUT2D eigenvalue weighted by Crippen LogP contribution is -2.54. The zero-order valence-electron chi connectivity index (χ0n) is 17.5. The number of ether oxygens (including phenoxy) is 3. The SMILES string of the molecule is CCNC(=NCC1(N2CCCC2)CCOCC1)NCC1COc2ccccc2O1. The lowest BCUT2D eigenvalue weighted by Gasteiger charge is -2.43. The molecule has 0 radical (unpaired) electrons. The largest absolute Gasteiger partial charge is 0.486 e. The molecule has 1 aromatic carbocycles. The molecule has 0 aromatic heterocycles. The third kappa shape index (κ3) is 4.95. The number of benzene rings is 1. The predicted octanol–water partition coefficient (Wildman–Crippen LogP) is 2.03. The number of hydrogen-bond donors (Lipinski definition) is 2. The van der Waals surface area contributed by atoms with Crippen LogP contribution in [0.3, 0.4) is 0 Å². The summed E-state index contributed by atoms with van der Waals surface area (Å²) in [6.45, 7) is 8.97. The van der Waals surface area contributed by atoms with Crippen molar-refractivity contribution in [1.82, 2.24) is 15.5 Å². The molecule has 1 atom stereocenters. The van der Waals surface area contributed by atoms with Gasteiger partial charge in [-0.2, -0.15) is 0 Å². The first-order valence-electron chi connectivity index (χ1n) is 11.0. The first-order valence-corrected chi connectivity index (χ1v) is 11.0. The molecular weight excluding hydrogens is 368 g/mol. The molecule has 3 heterocycles. The molecule has 4 rings (SSSR count). The van der Waals surface area contributed by atoms with Crippen LogP contribution in [0.4, 0.5) is 0 Å². The molecule has 2 N–H and O–H groups in total. The van der Waals surface area contributed by atoms with Crippen LogP contribution in [-0.2, 0) is 4.74 Å². The van der Waals surface area contributed by atoms with Crippen LogP contribution >= 0.6 is 0 Å². The molecule has 7 heteroatoms. The van der Waals surface area contributed by atoms with Crippen molar-refractivity contribution in [3.05, 3.63) is 24.3 Å². The first kappa shape index (κ1) is 20.3. The number of guanidine groups is 1. The van der Waals surface area contributed by atoms with E-state index in [1.165, 1.54) is 25.9 Å². The number of nitrogens with zero attached hydrogens (tertiary/aromatic N) is 2. The summed E-state index contributed by atoms with van der Waals surface area (Å²) in [5.74, 6) is 2.47. The highest BCUT2D eigenvalue weighted by atomic mass is 16.6. The average molecular weight is 403 g/mol.